The first-order chi connectivity index (χ1) is 28.5. The van der Waals surface area contributed by atoms with Crippen LogP contribution in [-0.4, -0.2) is 74.1 Å². The molecule has 2 aromatic carbocycles. The van der Waals surface area contributed by atoms with Gasteiger partial charge in [-0.05, 0) is 34.4 Å². The Morgan fingerprint density at radius 1 is 0.534 bits per heavy atom. The normalized spacial score (nSPS) is 13.3. The highest BCUT2D eigenvalue weighted by Gasteiger charge is 2.43. The minimum Gasteiger partial charge on any atom is -0.481 e. The zero-order valence-electron chi connectivity index (χ0n) is 32.1. The number of aromatic nitrogens is 8. The highest BCUT2D eigenvalue weighted by Crippen LogP contribution is 2.46. The number of pyridine rings is 2. The minimum atomic E-state index is -0.898. The molecule has 8 rings (SSSR count). The molecule has 0 aliphatic rings. The average molecular weight is 777 g/mol. The van der Waals surface area contributed by atoms with Crippen LogP contribution in [-0.2, 0) is 4.79 Å². The molecule has 0 saturated heterocycles. The molecule has 0 bridgehead atoms. The second-order valence-corrected chi connectivity index (χ2v) is 13.3. The standard InChI is InChI=1S/C43H40N10O5/c1-55-35-15-13-25(17-48-35)41(52-33-21-44-23-37(50-33)57-3)39(29-19-46-31-11-7-5-9-27(29)31)43(54)40(30-20-47-32-12-8-6-10-28(30)32)42(26-14-16-36(56-2)49-18-26)53-34-22-45-24-38(51-34)58-4/h5-24,39-42,46-47H,1-4H3,(H,50,52)(H,51,53). The molecule has 58 heavy (non-hydrogen) atoms. The van der Waals surface area contributed by atoms with E-state index >= 15 is 4.79 Å². The van der Waals surface area contributed by atoms with Crippen molar-refractivity contribution in [3.05, 3.63) is 145 Å². The van der Waals surface area contributed by atoms with E-state index in [4.69, 9.17) is 18.9 Å². The zero-order chi connectivity index (χ0) is 40.0. The van der Waals surface area contributed by atoms with Crippen LogP contribution in [0.2, 0.25) is 0 Å². The third kappa shape index (κ3) is 7.52. The van der Waals surface area contributed by atoms with Gasteiger partial charge >= 0.3 is 0 Å². The van der Waals surface area contributed by atoms with Gasteiger partial charge in [-0.3, -0.25) is 14.8 Å². The van der Waals surface area contributed by atoms with Crippen LogP contribution >= 0.6 is 0 Å². The van der Waals surface area contributed by atoms with Crippen molar-refractivity contribution in [2.75, 3.05) is 39.1 Å². The van der Waals surface area contributed by atoms with Gasteiger partial charge in [-0.25, -0.2) is 9.97 Å². The van der Waals surface area contributed by atoms with Crippen molar-refractivity contribution in [1.29, 1.82) is 0 Å². The molecule has 4 unspecified atom stereocenters. The lowest BCUT2D eigenvalue weighted by molar-refractivity contribution is -0.122. The average Bonchev–Trinajstić information content (AvgIpc) is 3.91. The van der Waals surface area contributed by atoms with E-state index in [2.05, 4.69) is 50.5 Å². The summed E-state index contributed by atoms with van der Waals surface area (Å²) >= 11 is 0. The van der Waals surface area contributed by atoms with E-state index in [1.54, 1.807) is 51.1 Å². The van der Waals surface area contributed by atoms with Crippen LogP contribution in [0.5, 0.6) is 23.5 Å². The van der Waals surface area contributed by atoms with Crippen LogP contribution in [0, 0.1) is 0 Å². The molecule has 4 atom stereocenters. The third-order valence-electron chi connectivity index (χ3n) is 10.1. The van der Waals surface area contributed by atoms with Gasteiger partial charge in [0, 0.05) is 58.7 Å². The van der Waals surface area contributed by atoms with Gasteiger partial charge in [0.2, 0.25) is 23.5 Å². The smallest absolute Gasteiger partial charge is 0.233 e. The fraction of sp³-hybridized carbons (Fsp3) is 0.186. The Hall–Kier alpha value is -7.55. The Kier molecular flexibility index (Phi) is 10.7. The number of ether oxygens (including phenoxy) is 4. The molecule has 0 spiro atoms. The van der Waals surface area contributed by atoms with Crippen LogP contribution in [0.3, 0.4) is 0 Å². The van der Waals surface area contributed by atoms with E-state index in [0.717, 1.165) is 32.9 Å². The number of anilines is 2. The summed E-state index contributed by atoms with van der Waals surface area (Å²) in [6.07, 6.45) is 13.4. The van der Waals surface area contributed by atoms with Crippen molar-refractivity contribution in [1.82, 2.24) is 39.9 Å². The number of nitrogens with one attached hydrogen (secondary N) is 4. The van der Waals surface area contributed by atoms with E-state index in [9.17, 15) is 0 Å². The van der Waals surface area contributed by atoms with Crippen molar-refractivity contribution < 1.29 is 23.7 Å². The maximum absolute atomic E-state index is 16.5. The Morgan fingerprint density at radius 3 is 1.36 bits per heavy atom. The summed E-state index contributed by atoms with van der Waals surface area (Å²) in [6.45, 7) is 0. The fourth-order valence-electron chi connectivity index (χ4n) is 7.35. The number of fused-ring (bicyclic) bond motifs is 2. The summed E-state index contributed by atoms with van der Waals surface area (Å²) in [4.78, 5) is 50.6. The largest absolute Gasteiger partial charge is 0.481 e. The van der Waals surface area contributed by atoms with Crippen molar-refractivity contribution in [2.24, 2.45) is 0 Å². The number of nitrogens with zero attached hydrogens (tertiary/aromatic N) is 6. The monoisotopic (exact) mass is 776 g/mol. The minimum absolute atomic E-state index is 0.150. The topological polar surface area (TPSA) is 187 Å². The van der Waals surface area contributed by atoms with Crippen LogP contribution in [0.4, 0.5) is 11.6 Å². The number of aromatic amines is 2. The molecule has 0 saturated carbocycles. The van der Waals surface area contributed by atoms with E-state index in [0.29, 0.717) is 46.3 Å². The predicted molar refractivity (Wildman–Crippen MR) is 219 cm³/mol. The van der Waals surface area contributed by atoms with Gasteiger partial charge in [0.1, 0.15) is 11.6 Å². The second-order valence-electron chi connectivity index (χ2n) is 13.3. The summed E-state index contributed by atoms with van der Waals surface area (Å²) in [5, 5.41) is 8.89. The molecule has 6 aromatic heterocycles. The molecule has 6 heterocycles. The first-order valence-corrected chi connectivity index (χ1v) is 18.4. The molecule has 8 aromatic rings. The van der Waals surface area contributed by atoms with E-state index in [1.807, 2.05) is 73.1 Å². The van der Waals surface area contributed by atoms with Crippen molar-refractivity contribution in [2.45, 2.75) is 23.9 Å². The molecule has 15 nitrogen and oxygen atoms in total. The molecule has 0 amide bonds. The number of rotatable bonds is 16. The van der Waals surface area contributed by atoms with Crippen molar-refractivity contribution in [3.63, 3.8) is 0 Å². The van der Waals surface area contributed by atoms with Crippen LogP contribution in [0.15, 0.2) is 122 Å². The summed E-state index contributed by atoms with van der Waals surface area (Å²) < 4.78 is 21.8. The number of hydrogen-bond acceptors (Lipinski definition) is 13. The summed E-state index contributed by atoms with van der Waals surface area (Å²) in [5.41, 5.74) is 4.63. The first kappa shape index (κ1) is 37.4. The van der Waals surface area contributed by atoms with Gasteiger partial charge in [0.15, 0.2) is 5.78 Å². The molecular weight excluding hydrogens is 737 g/mol. The fourth-order valence-corrected chi connectivity index (χ4v) is 7.35. The lowest BCUT2D eigenvalue weighted by Gasteiger charge is -2.34. The maximum Gasteiger partial charge on any atom is 0.233 e. The summed E-state index contributed by atoms with van der Waals surface area (Å²) in [5.74, 6) is 0.289. The molecule has 292 valence electrons. The first-order valence-electron chi connectivity index (χ1n) is 18.4. The Labute approximate surface area is 333 Å². The Balaban J connectivity index is 1.39. The Bertz CT molecular complexity index is 2470. The van der Waals surface area contributed by atoms with E-state index in [-0.39, 0.29) is 5.78 Å². The van der Waals surface area contributed by atoms with Gasteiger partial charge in [0.25, 0.3) is 0 Å². The SMILES string of the molecule is COc1ccc(C(Nc2cncc(OC)n2)C(C(=O)C(c2c[nH]c3ccccc23)C(Nc2cncc(OC)n2)c2ccc(OC)nc2)c2c[nH]c3ccccc23)cn1. The molecular formula is C43H40N10O5. The number of carbonyl (C=O) groups excluding carboxylic acids is 1. The quantitative estimate of drug-likeness (QED) is 0.0773. The number of para-hydroxylation sites is 2. The number of methoxy groups -OCH3 is 4. The molecule has 0 radical (unpaired) electrons. The Morgan fingerprint density at radius 2 is 0.966 bits per heavy atom. The van der Waals surface area contributed by atoms with Gasteiger partial charge in [-0.2, -0.15) is 9.97 Å². The van der Waals surface area contributed by atoms with Crippen LogP contribution < -0.4 is 29.6 Å². The second kappa shape index (κ2) is 16.7. The lowest BCUT2D eigenvalue weighted by atomic mass is 9.74. The zero-order valence-corrected chi connectivity index (χ0v) is 32.1. The van der Waals surface area contributed by atoms with Crippen molar-refractivity contribution in [3.8, 4) is 23.5 Å². The summed E-state index contributed by atoms with van der Waals surface area (Å²) in [7, 11) is 6.16. The van der Waals surface area contributed by atoms with Crippen LogP contribution in [0.25, 0.3) is 21.8 Å². The van der Waals surface area contributed by atoms with Crippen molar-refractivity contribution >= 4 is 39.2 Å². The van der Waals surface area contributed by atoms with E-state index < -0.39 is 23.9 Å². The van der Waals surface area contributed by atoms with Gasteiger partial charge in [-0.15, -0.1) is 0 Å². The third-order valence-corrected chi connectivity index (χ3v) is 10.1. The molecule has 15 heteroatoms. The highest BCUT2D eigenvalue weighted by atomic mass is 16.5. The van der Waals surface area contributed by atoms with Gasteiger partial charge in [-0.1, -0.05) is 48.5 Å². The molecule has 0 fully saturated rings. The molecule has 0 aliphatic heterocycles. The number of ketones is 1. The number of benzene rings is 2. The van der Waals surface area contributed by atoms with E-state index in [1.165, 1.54) is 26.6 Å². The maximum atomic E-state index is 16.5. The number of Topliss-reactive ketones (excluding diaryl/α,β-unsaturated/α-hetero) is 1. The molecule has 4 N–H and O–H groups in total. The van der Waals surface area contributed by atoms with Gasteiger partial charge in [0.05, 0.1) is 77.1 Å². The summed E-state index contributed by atoms with van der Waals surface area (Å²) in [6, 6.07) is 21.6. The predicted octanol–water partition coefficient (Wildman–Crippen LogP) is 7.20. The number of carbonyl (C=O) groups is 1. The number of hydrogen-bond donors (Lipinski definition) is 4. The number of H-pyrrole nitrogens is 2. The lowest BCUT2D eigenvalue weighted by Crippen LogP contribution is -2.35. The molecule has 0 aliphatic carbocycles. The van der Waals surface area contributed by atoms with Crippen LogP contribution in [0.1, 0.15) is 46.2 Å². The highest BCUT2D eigenvalue weighted by molar-refractivity contribution is 6.01. The van der Waals surface area contributed by atoms with Gasteiger partial charge < -0.3 is 39.5 Å².